The van der Waals surface area contributed by atoms with E-state index >= 15 is 0 Å². The lowest BCUT2D eigenvalue weighted by molar-refractivity contribution is -0.117. The van der Waals surface area contributed by atoms with Gasteiger partial charge < -0.3 is 15.8 Å². The molecule has 0 unspecified atom stereocenters. The van der Waals surface area contributed by atoms with Crippen LogP contribution in [0.3, 0.4) is 0 Å². The maximum atomic E-state index is 10.5. The van der Waals surface area contributed by atoms with Gasteiger partial charge in [0.2, 0.25) is 5.91 Å². The van der Waals surface area contributed by atoms with Crippen molar-refractivity contribution >= 4 is 5.91 Å². The van der Waals surface area contributed by atoms with Crippen molar-refractivity contribution in [1.82, 2.24) is 5.32 Å². The number of nitrogens with two attached hydrogens (primary N) is 1. The van der Waals surface area contributed by atoms with Gasteiger partial charge in [-0.2, -0.15) is 0 Å². The third-order valence-electron chi connectivity index (χ3n) is 2.55. The maximum Gasteiger partial charge on any atom is 0.231 e. The first-order chi connectivity index (χ1) is 8.39. The van der Waals surface area contributed by atoms with Crippen molar-refractivity contribution in [3.05, 3.63) is 29.8 Å². The second-order valence-electron chi connectivity index (χ2n) is 5.27. The first kappa shape index (κ1) is 14.5. The Kier molecular flexibility index (Phi) is 5.16. The highest BCUT2D eigenvalue weighted by Gasteiger charge is 2.13. The number of rotatable bonds is 6. The molecule has 4 nitrogen and oxygen atoms in total. The van der Waals surface area contributed by atoms with Crippen LogP contribution in [0, 0.1) is 0 Å². The summed E-state index contributed by atoms with van der Waals surface area (Å²) in [5.41, 5.74) is 6.37. The summed E-state index contributed by atoms with van der Waals surface area (Å²) in [6.45, 7) is 7.80. The summed E-state index contributed by atoms with van der Waals surface area (Å²) < 4.78 is 5.61. The van der Waals surface area contributed by atoms with Crippen LogP contribution < -0.4 is 15.8 Å². The van der Waals surface area contributed by atoms with Crippen LogP contribution in [-0.4, -0.2) is 25.6 Å². The molecule has 1 aromatic rings. The summed E-state index contributed by atoms with van der Waals surface area (Å²) in [7, 11) is 0. The topological polar surface area (TPSA) is 64.3 Å². The van der Waals surface area contributed by atoms with E-state index in [-0.39, 0.29) is 17.9 Å². The fourth-order valence-electron chi connectivity index (χ4n) is 1.51. The minimum atomic E-state index is -0.357. The summed E-state index contributed by atoms with van der Waals surface area (Å²) in [6, 6.07) is 8.07. The van der Waals surface area contributed by atoms with Gasteiger partial charge in [0.1, 0.15) is 12.4 Å². The Labute approximate surface area is 109 Å². The smallest absolute Gasteiger partial charge is 0.231 e. The molecule has 0 spiro atoms. The Morgan fingerprint density at radius 1 is 1.39 bits per heavy atom. The molecule has 0 aliphatic heterocycles. The number of ether oxygens (including phenoxy) is 1. The third-order valence-corrected chi connectivity index (χ3v) is 2.55. The Bertz CT molecular complexity index is 397. The van der Waals surface area contributed by atoms with Gasteiger partial charge in [-0.15, -0.1) is 0 Å². The van der Waals surface area contributed by atoms with Gasteiger partial charge in [0.25, 0.3) is 0 Å². The van der Waals surface area contributed by atoms with E-state index in [2.05, 4.69) is 32.2 Å². The predicted octanol–water partition coefficient (Wildman–Crippen LogP) is 1.44. The average Bonchev–Trinajstić information content (AvgIpc) is 2.27. The summed E-state index contributed by atoms with van der Waals surface area (Å²) in [5.74, 6) is 0.494. The molecular formula is C14H22N2O2. The summed E-state index contributed by atoms with van der Waals surface area (Å²) in [5, 5.41) is 2.90. The molecule has 0 saturated carbocycles. The van der Waals surface area contributed by atoms with Crippen LogP contribution in [0.4, 0.5) is 0 Å². The highest BCUT2D eigenvalue weighted by molar-refractivity contribution is 5.75. The summed E-state index contributed by atoms with van der Waals surface area (Å²) >= 11 is 0. The van der Waals surface area contributed by atoms with Crippen LogP contribution in [0.1, 0.15) is 26.3 Å². The molecule has 1 rings (SSSR count). The van der Waals surface area contributed by atoms with Gasteiger partial charge in [-0.05, 0) is 23.1 Å². The second kappa shape index (κ2) is 6.40. The van der Waals surface area contributed by atoms with E-state index < -0.39 is 0 Å². The van der Waals surface area contributed by atoms with Crippen molar-refractivity contribution in [2.45, 2.75) is 26.2 Å². The van der Waals surface area contributed by atoms with Crippen LogP contribution in [0.2, 0.25) is 0 Å². The van der Waals surface area contributed by atoms with E-state index in [0.717, 1.165) is 5.75 Å². The van der Waals surface area contributed by atoms with Gasteiger partial charge in [0.05, 0.1) is 6.54 Å². The SMILES string of the molecule is CC(C)(C)c1cccc(OCCNCC(N)=O)c1. The Morgan fingerprint density at radius 3 is 2.72 bits per heavy atom. The Morgan fingerprint density at radius 2 is 2.11 bits per heavy atom. The van der Waals surface area contributed by atoms with E-state index in [9.17, 15) is 4.79 Å². The standard InChI is InChI=1S/C14H22N2O2/c1-14(2,3)11-5-4-6-12(9-11)18-8-7-16-10-13(15)17/h4-6,9,16H,7-8,10H2,1-3H3,(H2,15,17). The third kappa shape index (κ3) is 5.19. The van der Waals surface area contributed by atoms with Gasteiger partial charge in [0, 0.05) is 6.54 Å². The molecule has 0 fully saturated rings. The summed E-state index contributed by atoms with van der Waals surface area (Å²) in [6.07, 6.45) is 0. The molecule has 0 atom stereocenters. The van der Waals surface area contributed by atoms with E-state index in [1.54, 1.807) is 0 Å². The molecule has 0 aromatic heterocycles. The second-order valence-corrected chi connectivity index (χ2v) is 5.27. The first-order valence-corrected chi connectivity index (χ1v) is 6.12. The predicted molar refractivity (Wildman–Crippen MR) is 72.7 cm³/mol. The largest absolute Gasteiger partial charge is 0.492 e. The lowest BCUT2D eigenvalue weighted by Gasteiger charge is -2.19. The first-order valence-electron chi connectivity index (χ1n) is 6.12. The van der Waals surface area contributed by atoms with Crippen LogP contribution >= 0.6 is 0 Å². The van der Waals surface area contributed by atoms with E-state index in [1.165, 1.54) is 5.56 Å². The molecule has 100 valence electrons. The number of hydrogen-bond donors (Lipinski definition) is 2. The number of primary amides is 1. The van der Waals surface area contributed by atoms with Crippen LogP contribution in [0.5, 0.6) is 5.75 Å². The molecular weight excluding hydrogens is 228 g/mol. The number of carbonyl (C=O) groups is 1. The van der Waals surface area contributed by atoms with Crippen LogP contribution in [-0.2, 0) is 10.2 Å². The number of nitrogens with one attached hydrogen (secondary N) is 1. The zero-order valence-corrected chi connectivity index (χ0v) is 11.3. The maximum absolute atomic E-state index is 10.5. The molecule has 0 bridgehead atoms. The Balaban J connectivity index is 2.41. The quantitative estimate of drug-likeness (QED) is 0.751. The van der Waals surface area contributed by atoms with Crippen molar-refractivity contribution < 1.29 is 9.53 Å². The van der Waals surface area contributed by atoms with Crippen molar-refractivity contribution in [3.8, 4) is 5.75 Å². The number of benzene rings is 1. The van der Waals surface area contributed by atoms with Gasteiger partial charge >= 0.3 is 0 Å². The number of carbonyl (C=O) groups excluding carboxylic acids is 1. The molecule has 0 aliphatic carbocycles. The fraction of sp³-hybridized carbons (Fsp3) is 0.500. The van der Waals surface area contributed by atoms with Crippen LogP contribution in [0.15, 0.2) is 24.3 Å². The number of amides is 1. The molecule has 3 N–H and O–H groups in total. The van der Waals surface area contributed by atoms with E-state index in [0.29, 0.717) is 13.2 Å². The minimum absolute atomic E-state index is 0.115. The van der Waals surface area contributed by atoms with Crippen LogP contribution in [0.25, 0.3) is 0 Å². The van der Waals surface area contributed by atoms with E-state index in [1.807, 2.05) is 18.2 Å². The molecule has 4 heteroatoms. The lowest BCUT2D eigenvalue weighted by Crippen LogP contribution is -2.31. The molecule has 0 saturated heterocycles. The van der Waals surface area contributed by atoms with Gasteiger partial charge in [-0.25, -0.2) is 0 Å². The van der Waals surface area contributed by atoms with E-state index in [4.69, 9.17) is 10.5 Å². The van der Waals surface area contributed by atoms with Crippen molar-refractivity contribution in [3.63, 3.8) is 0 Å². The number of hydrogen-bond acceptors (Lipinski definition) is 3. The molecule has 0 aliphatic rings. The fourth-order valence-corrected chi connectivity index (χ4v) is 1.51. The molecule has 0 radical (unpaired) electrons. The van der Waals surface area contributed by atoms with Gasteiger partial charge in [0.15, 0.2) is 0 Å². The Hall–Kier alpha value is -1.55. The zero-order valence-electron chi connectivity index (χ0n) is 11.3. The average molecular weight is 250 g/mol. The van der Waals surface area contributed by atoms with Crippen molar-refractivity contribution in [2.75, 3.05) is 19.7 Å². The molecule has 0 heterocycles. The van der Waals surface area contributed by atoms with Crippen molar-refractivity contribution in [2.24, 2.45) is 5.73 Å². The van der Waals surface area contributed by atoms with Crippen molar-refractivity contribution in [1.29, 1.82) is 0 Å². The zero-order chi connectivity index (χ0) is 13.6. The highest BCUT2D eigenvalue weighted by Crippen LogP contribution is 2.25. The molecule has 18 heavy (non-hydrogen) atoms. The summed E-state index contributed by atoms with van der Waals surface area (Å²) in [4.78, 5) is 10.5. The highest BCUT2D eigenvalue weighted by atomic mass is 16.5. The van der Waals surface area contributed by atoms with Gasteiger partial charge in [-0.1, -0.05) is 32.9 Å². The molecule has 1 amide bonds. The normalized spacial score (nSPS) is 11.3. The minimum Gasteiger partial charge on any atom is -0.492 e. The molecule has 1 aromatic carbocycles. The monoisotopic (exact) mass is 250 g/mol. The van der Waals surface area contributed by atoms with Gasteiger partial charge in [-0.3, -0.25) is 4.79 Å². The lowest BCUT2D eigenvalue weighted by atomic mass is 9.87.